The summed E-state index contributed by atoms with van der Waals surface area (Å²) >= 11 is 0. The Morgan fingerprint density at radius 3 is 2.11 bits per heavy atom. The summed E-state index contributed by atoms with van der Waals surface area (Å²) in [5, 5.41) is 27.8. The number of rotatable bonds is 17. The summed E-state index contributed by atoms with van der Waals surface area (Å²) in [6.45, 7) is 0.120. The van der Waals surface area contributed by atoms with Gasteiger partial charge in [-0.2, -0.15) is 0 Å². The Labute approximate surface area is 264 Å². The number of hydrogen-bond donors (Lipinski definition) is 10. The number of fused-ring (bicyclic) bond motifs is 1. The molecule has 0 aliphatic heterocycles. The van der Waals surface area contributed by atoms with Crippen LogP contribution in [0.1, 0.15) is 30.4 Å². The highest BCUT2D eigenvalue weighted by Crippen LogP contribution is 2.19. The second-order valence-electron chi connectivity index (χ2n) is 10.7. The number of primary amides is 1. The topological polar surface area (TPSA) is 294 Å². The zero-order valence-electron chi connectivity index (χ0n) is 24.9. The van der Waals surface area contributed by atoms with Crippen LogP contribution in [0.4, 0.5) is 0 Å². The van der Waals surface area contributed by atoms with Crippen LogP contribution >= 0.6 is 0 Å². The summed E-state index contributed by atoms with van der Waals surface area (Å²) in [6.07, 6.45) is 1.34. The molecule has 46 heavy (non-hydrogen) atoms. The maximum Gasteiger partial charge on any atom is 0.326 e. The average Bonchev–Trinajstić information content (AvgIpc) is 3.41. The number of phenolic OH excluding ortho intramolecular Hbond substituents is 1. The lowest BCUT2D eigenvalue weighted by Gasteiger charge is -2.25. The van der Waals surface area contributed by atoms with Crippen molar-refractivity contribution in [2.45, 2.75) is 56.3 Å². The van der Waals surface area contributed by atoms with Crippen LogP contribution in [0.3, 0.4) is 0 Å². The smallest absolute Gasteiger partial charge is 0.326 e. The molecule has 2 aromatic carbocycles. The fourth-order valence-electron chi connectivity index (χ4n) is 4.70. The largest absolute Gasteiger partial charge is 0.508 e. The van der Waals surface area contributed by atoms with Gasteiger partial charge in [0, 0.05) is 36.5 Å². The van der Waals surface area contributed by atoms with Crippen molar-refractivity contribution in [3.63, 3.8) is 0 Å². The first-order chi connectivity index (χ1) is 21.8. The number of aromatic amines is 1. The summed E-state index contributed by atoms with van der Waals surface area (Å²) in [5.74, 6) is -4.68. The molecule has 0 radical (unpaired) electrons. The summed E-state index contributed by atoms with van der Waals surface area (Å²) in [4.78, 5) is 70.4. The van der Waals surface area contributed by atoms with E-state index >= 15 is 0 Å². The first-order valence-corrected chi connectivity index (χ1v) is 14.4. The number of phenols is 1. The number of guanidine groups is 1. The van der Waals surface area contributed by atoms with Crippen molar-refractivity contribution in [2.24, 2.45) is 27.9 Å². The third kappa shape index (κ3) is 10.5. The fourth-order valence-corrected chi connectivity index (χ4v) is 4.70. The second kappa shape index (κ2) is 16.4. The zero-order valence-corrected chi connectivity index (χ0v) is 24.9. The number of amides is 4. The lowest BCUT2D eigenvalue weighted by molar-refractivity contribution is -0.142. The number of nitrogens with two attached hydrogens (primary N) is 4. The number of aromatic nitrogens is 1. The number of aliphatic carboxylic acids is 1. The number of nitrogens with one attached hydrogen (secondary N) is 4. The van der Waals surface area contributed by atoms with Gasteiger partial charge in [-0.1, -0.05) is 30.3 Å². The predicted molar refractivity (Wildman–Crippen MR) is 169 cm³/mol. The predicted octanol–water partition coefficient (Wildman–Crippen LogP) is -1.55. The number of carbonyl (C=O) groups excluding carboxylic acids is 4. The van der Waals surface area contributed by atoms with E-state index in [9.17, 15) is 34.2 Å². The van der Waals surface area contributed by atoms with Crippen LogP contribution in [-0.4, -0.2) is 81.5 Å². The van der Waals surface area contributed by atoms with E-state index in [1.54, 1.807) is 6.20 Å². The van der Waals surface area contributed by atoms with Gasteiger partial charge in [0.15, 0.2) is 5.96 Å². The van der Waals surface area contributed by atoms with E-state index in [0.717, 1.165) is 10.9 Å². The van der Waals surface area contributed by atoms with Gasteiger partial charge in [0.1, 0.15) is 23.9 Å². The monoisotopic (exact) mass is 637 g/mol. The maximum atomic E-state index is 13.7. The third-order valence-corrected chi connectivity index (χ3v) is 7.06. The molecule has 4 amide bonds. The van der Waals surface area contributed by atoms with Gasteiger partial charge in [-0.05, 0) is 42.2 Å². The van der Waals surface area contributed by atoms with Crippen molar-refractivity contribution in [1.82, 2.24) is 20.9 Å². The number of aromatic hydroxyl groups is 1. The number of H-pyrrole nitrogens is 1. The van der Waals surface area contributed by atoms with Crippen molar-refractivity contribution in [2.75, 3.05) is 6.54 Å². The molecule has 16 heteroatoms. The van der Waals surface area contributed by atoms with E-state index in [1.165, 1.54) is 24.3 Å². The molecule has 4 unspecified atom stereocenters. The van der Waals surface area contributed by atoms with Gasteiger partial charge in [-0.15, -0.1) is 0 Å². The highest BCUT2D eigenvalue weighted by Gasteiger charge is 2.31. The molecule has 3 rings (SSSR count). The molecule has 3 aromatic rings. The van der Waals surface area contributed by atoms with Crippen molar-refractivity contribution >= 4 is 46.5 Å². The summed E-state index contributed by atoms with van der Waals surface area (Å²) in [6, 6.07) is 7.91. The Morgan fingerprint density at radius 1 is 0.826 bits per heavy atom. The number of benzene rings is 2. The summed E-state index contributed by atoms with van der Waals surface area (Å²) in [5.41, 5.74) is 23.8. The van der Waals surface area contributed by atoms with E-state index < -0.39 is 60.2 Å². The molecular formula is C30H39N9O7. The van der Waals surface area contributed by atoms with Crippen LogP contribution in [0.25, 0.3) is 10.9 Å². The molecule has 1 heterocycles. The Balaban J connectivity index is 1.85. The molecule has 0 saturated carbocycles. The van der Waals surface area contributed by atoms with Crippen LogP contribution in [0.15, 0.2) is 59.7 Å². The maximum absolute atomic E-state index is 13.7. The minimum atomic E-state index is -1.37. The van der Waals surface area contributed by atoms with E-state index in [-0.39, 0.29) is 43.9 Å². The molecule has 0 spiro atoms. The van der Waals surface area contributed by atoms with Crippen LogP contribution in [0, 0.1) is 0 Å². The highest BCUT2D eigenvalue weighted by atomic mass is 16.4. The van der Waals surface area contributed by atoms with Crippen LogP contribution < -0.4 is 38.9 Å². The Kier molecular flexibility index (Phi) is 12.5. The number of nitrogens with zero attached hydrogens (tertiary/aromatic N) is 1. The first kappa shape index (κ1) is 34.8. The molecule has 0 aliphatic rings. The molecule has 246 valence electrons. The van der Waals surface area contributed by atoms with E-state index in [1.807, 2.05) is 24.3 Å². The lowest BCUT2D eigenvalue weighted by atomic mass is 10.0. The summed E-state index contributed by atoms with van der Waals surface area (Å²) in [7, 11) is 0. The molecule has 0 bridgehead atoms. The van der Waals surface area contributed by atoms with E-state index in [4.69, 9.17) is 22.9 Å². The molecule has 1 aromatic heterocycles. The van der Waals surface area contributed by atoms with E-state index in [2.05, 4.69) is 25.9 Å². The molecule has 0 fully saturated rings. The Hall–Kier alpha value is -5.64. The number of carboxylic acid groups (broad SMARTS) is 1. The van der Waals surface area contributed by atoms with Crippen molar-refractivity contribution < 1.29 is 34.2 Å². The standard InChI is InChI=1S/C30H39N9O7/c31-20(14-25(32)41)26(42)38-23(13-17-15-36-21-5-2-1-4-19(17)21)28(44)37-22(6-3-11-35-30(33)34)27(43)39-24(29(45)46)12-16-7-9-18(40)10-8-16/h1-2,4-5,7-10,15,20,22-24,36,40H,3,6,11-14,31H2,(H2,32,41)(H,37,44)(H,38,42)(H,39,43)(H,45,46)(H4,33,34,35). The molecule has 4 atom stereocenters. The molecule has 14 N–H and O–H groups in total. The number of aliphatic imine (C=N–C) groups is 1. The van der Waals surface area contributed by atoms with Crippen molar-refractivity contribution in [3.05, 3.63) is 65.9 Å². The number of carboxylic acids is 1. The van der Waals surface area contributed by atoms with Crippen LogP contribution in [-0.2, 0) is 36.8 Å². The Morgan fingerprint density at radius 2 is 1.46 bits per heavy atom. The number of para-hydroxylation sites is 1. The first-order valence-electron chi connectivity index (χ1n) is 14.4. The van der Waals surface area contributed by atoms with Gasteiger partial charge in [-0.25, -0.2) is 4.79 Å². The molecular weight excluding hydrogens is 598 g/mol. The van der Waals surface area contributed by atoms with Gasteiger partial charge in [-0.3, -0.25) is 24.2 Å². The average molecular weight is 638 g/mol. The van der Waals surface area contributed by atoms with Crippen molar-refractivity contribution in [3.8, 4) is 5.75 Å². The van der Waals surface area contributed by atoms with Crippen LogP contribution in [0.5, 0.6) is 5.75 Å². The quantitative estimate of drug-likeness (QED) is 0.0462. The molecule has 16 nitrogen and oxygen atoms in total. The number of hydrogen-bond acceptors (Lipinski definition) is 8. The summed E-state index contributed by atoms with van der Waals surface area (Å²) < 4.78 is 0. The second-order valence-corrected chi connectivity index (χ2v) is 10.7. The SMILES string of the molecule is NC(=O)CC(N)C(=O)NC(Cc1c[nH]c2ccccc12)C(=O)NC(CCCN=C(N)N)C(=O)NC(Cc1ccc(O)cc1)C(=O)O. The molecule has 0 aliphatic carbocycles. The van der Waals surface area contributed by atoms with Gasteiger partial charge >= 0.3 is 5.97 Å². The lowest BCUT2D eigenvalue weighted by Crippen LogP contribution is -2.58. The fraction of sp³-hybridized carbons (Fsp3) is 0.333. The molecule has 0 saturated heterocycles. The highest BCUT2D eigenvalue weighted by molar-refractivity contribution is 5.95. The van der Waals surface area contributed by atoms with Crippen molar-refractivity contribution in [1.29, 1.82) is 0 Å². The minimum absolute atomic E-state index is 0.00641. The third-order valence-electron chi connectivity index (χ3n) is 7.06. The zero-order chi connectivity index (χ0) is 33.8. The van der Waals surface area contributed by atoms with Gasteiger partial charge in [0.25, 0.3) is 0 Å². The minimum Gasteiger partial charge on any atom is -0.508 e. The van der Waals surface area contributed by atoms with E-state index in [0.29, 0.717) is 11.1 Å². The van der Waals surface area contributed by atoms with Crippen LogP contribution in [0.2, 0.25) is 0 Å². The Bertz CT molecular complexity index is 1570. The van der Waals surface area contributed by atoms with Gasteiger partial charge in [0.2, 0.25) is 23.6 Å². The van der Waals surface area contributed by atoms with Gasteiger partial charge in [0.05, 0.1) is 12.5 Å². The number of carbonyl (C=O) groups is 5. The van der Waals surface area contributed by atoms with Gasteiger partial charge < -0.3 is 54.1 Å². The normalized spacial score (nSPS) is 13.5.